The summed E-state index contributed by atoms with van der Waals surface area (Å²) >= 11 is 12.3. The lowest BCUT2D eigenvalue weighted by atomic mass is 10.0. The minimum absolute atomic E-state index is 0.335. The summed E-state index contributed by atoms with van der Waals surface area (Å²) in [5, 5.41) is 4.80. The highest BCUT2D eigenvalue weighted by molar-refractivity contribution is 6.35. The molecule has 0 spiro atoms. The number of nitrogens with one attached hydrogen (secondary N) is 1. The van der Waals surface area contributed by atoms with Gasteiger partial charge in [-0.15, -0.1) is 0 Å². The van der Waals surface area contributed by atoms with Gasteiger partial charge in [-0.25, -0.2) is 0 Å². The summed E-state index contributed by atoms with van der Waals surface area (Å²) in [5.41, 5.74) is 1.17. The van der Waals surface area contributed by atoms with Gasteiger partial charge >= 0.3 is 0 Å². The molecule has 1 fully saturated rings. The first-order valence-corrected chi connectivity index (χ1v) is 7.30. The lowest BCUT2D eigenvalue weighted by Crippen LogP contribution is -2.57. The minimum atomic E-state index is 0.335. The highest BCUT2D eigenvalue weighted by atomic mass is 35.5. The first-order valence-electron chi connectivity index (χ1n) is 6.55. The summed E-state index contributed by atoms with van der Waals surface area (Å²) in [4.78, 5) is 2.53. The van der Waals surface area contributed by atoms with Crippen LogP contribution in [0.15, 0.2) is 18.2 Å². The predicted molar refractivity (Wildman–Crippen MR) is 78.5 cm³/mol. The van der Waals surface area contributed by atoms with Crippen molar-refractivity contribution >= 4 is 23.2 Å². The smallest absolute Gasteiger partial charge is 0.0468 e. The number of rotatable bonds is 5. The van der Waals surface area contributed by atoms with E-state index in [9.17, 15) is 0 Å². The third kappa shape index (κ3) is 3.00. The van der Waals surface area contributed by atoms with E-state index in [4.69, 9.17) is 23.2 Å². The Morgan fingerprint density at radius 1 is 1.39 bits per heavy atom. The lowest BCUT2D eigenvalue weighted by molar-refractivity contribution is 0.103. The number of hydrogen-bond acceptors (Lipinski definition) is 2. The Morgan fingerprint density at radius 2 is 2.11 bits per heavy atom. The van der Waals surface area contributed by atoms with Crippen LogP contribution in [0.25, 0.3) is 0 Å². The van der Waals surface area contributed by atoms with E-state index in [0.717, 1.165) is 31.1 Å². The second-order valence-corrected chi connectivity index (χ2v) is 5.74. The molecule has 18 heavy (non-hydrogen) atoms. The molecule has 100 valence electrons. The molecule has 0 amide bonds. The Hall–Kier alpha value is -0.280. The highest BCUT2D eigenvalue weighted by Gasteiger charge is 2.29. The van der Waals surface area contributed by atoms with Crippen molar-refractivity contribution in [2.75, 3.05) is 19.6 Å². The second-order valence-electron chi connectivity index (χ2n) is 4.89. The van der Waals surface area contributed by atoms with Crippen LogP contribution >= 0.6 is 23.2 Å². The van der Waals surface area contributed by atoms with Gasteiger partial charge in [0.25, 0.3) is 0 Å². The van der Waals surface area contributed by atoms with E-state index in [2.05, 4.69) is 24.1 Å². The summed E-state index contributed by atoms with van der Waals surface area (Å²) in [5.74, 6) is 0. The summed E-state index contributed by atoms with van der Waals surface area (Å²) in [6, 6.07) is 6.76. The van der Waals surface area contributed by atoms with E-state index in [0.29, 0.717) is 17.1 Å². The van der Waals surface area contributed by atoms with Gasteiger partial charge in [0.2, 0.25) is 0 Å². The third-order valence-corrected chi connectivity index (χ3v) is 4.18. The van der Waals surface area contributed by atoms with Gasteiger partial charge in [0.1, 0.15) is 0 Å². The summed E-state index contributed by atoms with van der Waals surface area (Å²) in [7, 11) is 0. The van der Waals surface area contributed by atoms with Crippen molar-refractivity contribution in [2.45, 2.75) is 32.4 Å². The quantitative estimate of drug-likeness (QED) is 0.887. The molecule has 1 aromatic rings. The van der Waals surface area contributed by atoms with Crippen LogP contribution < -0.4 is 5.32 Å². The van der Waals surface area contributed by atoms with E-state index in [1.54, 1.807) is 0 Å². The van der Waals surface area contributed by atoms with E-state index in [-0.39, 0.29) is 0 Å². The molecule has 4 heteroatoms. The topological polar surface area (TPSA) is 15.3 Å². The van der Waals surface area contributed by atoms with Crippen LogP contribution in [0, 0.1) is 0 Å². The van der Waals surface area contributed by atoms with Gasteiger partial charge in [-0.2, -0.15) is 0 Å². The van der Waals surface area contributed by atoms with Gasteiger partial charge in [0.05, 0.1) is 0 Å². The first-order chi connectivity index (χ1) is 8.63. The van der Waals surface area contributed by atoms with E-state index in [1.807, 2.05) is 18.2 Å². The van der Waals surface area contributed by atoms with Gasteiger partial charge in [-0.1, -0.05) is 36.2 Å². The Kier molecular flexibility index (Phi) is 4.91. The van der Waals surface area contributed by atoms with E-state index < -0.39 is 0 Å². The summed E-state index contributed by atoms with van der Waals surface area (Å²) in [6.45, 7) is 7.70. The molecular formula is C14H20Cl2N2. The molecule has 1 saturated heterocycles. The van der Waals surface area contributed by atoms with Crippen LogP contribution in [0.3, 0.4) is 0 Å². The third-order valence-electron chi connectivity index (χ3n) is 3.62. The molecule has 0 bridgehead atoms. The molecule has 0 aliphatic carbocycles. The molecule has 1 atom stereocenters. The number of nitrogens with zero attached hydrogens (tertiary/aromatic N) is 1. The monoisotopic (exact) mass is 286 g/mol. The fraction of sp³-hybridized carbons (Fsp3) is 0.571. The van der Waals surface area contributed by atoms with Crippen LogP contribution in [0.4, 0.5) is 0 Å². The van der Waals surface area contributed by atoms with Crippen molar-refractivity contribution in [1.82, 2.24) is 10.2 Å². The Balaban J connectivity index is 2.18. The van der Waals surface area contributed by atoms with Crippen LogP contribution in [-0.4, -0.2) is 30.6 Å². The molecule has 2 rings (SSSR count). The zero-order chi connectivity index (χ0) is 13.1. The average Bonchev–Trinajstić information content (AvgIpc) is 2.25. The SMILES string of the molecule is CCCN(C1CNC1)C(C)c1ccc(Cl)cc1Cl. The molecule has 1 aliphatic heterocycles. The normalized spacial score (nSPS) is 17.8. The van der Waals surface area contributed by atoms with Crippen molar-refractivity contribution < 1.29 is 0 Å². The number of benzene rings is 1. The predicted octanol–water partition coefficient (Wildman–Crippen LogP) is 3.74. The molecule has 1 N–H and O–H groups in total. The maximum Gasteiger partial charge on any atom is 0.0468 e. The molecule has 0 radical (unpaired) electrons. The van der Waals surface area contributed by atoms with Gasteiger partial charge in [0, 0.05) is 35.2 Å². The molecule has 1 aromatic carbocycles. The fourth-order valence-electron chi connectivity index (χ4n) is 2.48. The van der Waals surface area contributed by atoms with Crippen LogP contribution in [-0.2, 0) is 0 Å². The van der Waals surface area contributed by atoms with Crippen molar-refractivity contribution in [2.24, 2.45) is 0 Å². The molecule has 1 unspecified atom stereocenters. The lowest BCUT2D eigenvalue weighted by Gasteiger charge is -2.42. The average molecular weight is 287 g/mol. The minimum Gasteiger partial charge on any atom is -0.314 e. The second kappa shape index (κ2) is 6.25. The van der Waals surface area contributed by atoms with E-state index >= 15 is 0 Å². The van der Waals surface area contributed by atoms with Crippen LogP contribution in [0.2, 0.25) is 10.0 Å². The van der Waals surface area contributed by atoms with Crippen LogP contribution in [0.1, 0.15) is 31.9 Å². The molecule has 1 aliphatic rings. The molecule has 0 aromatic heterocycles. The van der Waals surface area contributed by atoms with Gasteiger partial charge in [-0.3, -0.25) is 4.90 Å². The Labute approximate surface area is 119 Å². The van der Waals surface area contributed by atoms with Crippen molar-refractivity contribution in [3.05, 3.63) is 33.8 Å². The number of halogens is 2. The van der Waals surface area contributed by atoms with Crippen molar-refractivity contribution in [3.63, 3.8) is 0 Å². The summed E-state index contributed by atoms with van der Waals surface area (Å²) < 4.78 is 0. The standard InChI is InChI=1S/C14H20Cl2N2/c1-3-6-18(12-8-17-9-12)10(2)13-5-4-11(15)7-14(13)16/h4-5,7,10,12,17H,3,6,8-9H2,1-2H3. The molecular weight excluding hydrogens is 267 g/mol. The Bertz CT molecular complexity index is 405. The Morgan fingerprint density at radius 3 is 2.61 bits per heavy atom. The molecule has 1 heterocycles. The fourth-order valence-corrected chi connectivity index (χ4v) is 3.04. The first kappa shape index (κ1) is 14.1. The van der Waals surface area contributed by atoms with Crippen molar-refractivity contribution in [3.8, 4) is 0 Å². The number of hydrogen-bond donors (Lipinski definition) is 1. The van der Waals surface area contributed by atoms with Gasteiger partial charge < -0.3 is 5.32 Å². The van der Waals surface area contributed by atoms with Gasteiger partial charge in [-0.05, 0) is 37.6 Å². The maximum absolute atomic E-state index is 6.31. The largest absolute Gasteiger partial charge is 0.314 e. The van der Waals surface area contributed by atoms with Crippen molar-refractivity contribution in [1.29, 1.82) is 0 Å². The zero-order valence-electron chi connectivity index (χ0n) is 10.9. The zero-order valence-corrected chi connectivity index (χ0v) is 12.4. The maximum atomic E-state index is 6.31. The highest BCUT2D eigenvalue weighted by Crippen LogP contribution is 2.31. The summed E-state index contributed by atoms with van der Waals surface area (Å²) in [6.07, 6.45) is 1.16. The van der Waals surface area contributed by atoms with E-state index in [1.165, 1.54) is 5.56 Å². The molecule has 0 saturated carbocycles. The molecule has 2 nitrogen and oxygen atoms in total. The van der Waals surface area contributed by atoms with Gasteiger partial charge in [0.15, 0.2) is 0 Å². The van der Waals surface area contributed by atoms with Crippen LogP contribution in [0.5, 0.6) is 0 Å².